The van der Waals surface area contributed by atoms with Gasteiger partial charge in [-0.2, -0.15) is 0 Å². The van der Waals surface area contributed by atoms with Gasteiger partial charge in [-0.3, -0.25) is 19.2 Å². The van der Waals surface area contributed by atoms with E-state index in [1.54, 1.807) is 36.4 Å². The number of fused-ring (bicyclic) bond motifs is 1. The highest BCUT2D eigenvalue weighted by Crippen LogP contribution is 2.24. The Labute approximate surface area is 245 Å². The van der Waals surface area contributed by atoms with E-state index in [1.165, 1.54) is 13.1 Å². The van der Waals surface area contributed by atoms with Crippen LogP contribution in [-0.4, -0.2) is 41.6 Å². The van der Waals surface area contributed by atoms with Crippen molar-refractivity contribution in [1.29, 1.82) is 0 Å². The second kappa shape index (κ2) is 13.6. The van der Waals surface area contributed by atoms with Crippen molar-refractivity contribution < 1.29 is 19.2 Å². The van der Waals surface area contributed by atoms with Crippen LogP contribution in [0.25, 0.3) is 10.9 Å². The molecule has 9 heteroatoms. The van der Waals surface area contributed by atoms with Gasteiger partial charge in [0, 0.05) is 54.0 Å². The molecule has 0 fully saturated rings. The first-order valence-corrected chi connectivity index (χ1v) is 14.0. The summed E-state index contributed by atoms with van der Waals surface area (Å²) in [6, 6.07) is 20.5. The number of H-pyrrole nitrogens is 1. The van der Waals surface area contributed by atoms with Crippen molar-refractivity contribution in [2.24, 2.45) is 11.8 Å². The van der Waals surface area contributed by atoms with Crippen molar-refractivity contribution in [1.82, 2.24) is 15.6 Å². The van der Waals surface area contributed by atoms with Gasteiger partial charge in [0.2, 0.25) is 17.7 Å². The number of para-hydroxylation sites is 1. The predicted octanol–water partition coefficient (Wildman–Crippen LogP) is 4.45. The topological polar surface area (TPSA) is 146 Å². The number of hydrogen-bond acceptors (Lipinski definition) is 5. The van der Waals surface area contributed by atoms with Crippen molar-refractivity contribution >= 4 is 45.8 Å². The largest absolute Gasteiger partial charge is 0.397 e. The Morgan fingerprint density at radius 2 is 1.60 bits per heavy atom. The quantitative estimate of drug-likeness (QED) is 0.127. The molecule has 0 aliphatic rings. The summed E-state index contributed by atoms with van der Waals surface area (Å²) in [6.45, 7) is 3.95. The maximum Gasteiger partial charge on any atom is 0.242 e. The van der Waals surface area contributed by atoms with Crippen LogP contribution in [0.15, 0.2) is 79.0 Å². The van der Waals surface area contributed by atoms with Crippen LogP contribution < -0.4 is 21.7 Å². The highest BCUT2D eigenvalue weighted by molar-refractivity contribution is 6.10. The standard InChI is InChI=1S/C33H37N5O4/c1-20(2)15-23(32(41)38-29(33(42)35-3)17-24-19-36-27-12-8-7-11-25(24)27)18-30(39)37-28-14-13-22(16-26(28)34)31(40)21-9-5-4-6-10-21/h4-14,16,19-20,23,29,36H,15,17-18,34H2,1-3H3,(H,35,42)(H,37,39)(H,38,41)/t23-,29+/m1/s1. The minimum Gasteiger partial charge on any atom is -0.397 e. The molecule has 6 N–H and O–H groups in total. The Hall–Kier alpha value is -4.92. The molecule has 1 heterocycles. The molecule has 4 rings (SSSR count). The molecular formula is C33H37N5O4. The molecule has 0 saturated heterocycles. The molecule has 0 aliphatic carbocycles. The number of likely N-dealkylation sites (N-methyl/N-ethyl adjacent to an activating group) is 1. The smallest absolute Gasteiger partial charge is 0.242 e. The third-order valence-corrected chi connectivity index (χ3v) is 7.16. The zero-order chi connectivity index (χ0) is 30.2. The zero-order valence-corrected chi connectivity index (χ0v) is 24.1. The average Bonchev–Trinajstić information content (AvgIpc) is 3.39. The fourth-order valence-corrected chi connectivity index (χ4v) is 5.04. The fraction of sp³-hybridized carbons (Fsp3) is 0.273. The van der Waals surface area contributed by atoms with Crippen LogP contribution in [0.5, 0.6) is 0 Å². The van der Waals surface area contributed by atoms with Crippen molar-refractivity contribution in [3.63, 3.8) is 0 Å². The number of rotatable bonds is 12. The van der Waals surface area contributed by atoms with Crippen LogP contribution in [0.2, 0.25) is 0 Å². The molecule has 0 radical (unpaired) electrons. The number of nitrogen functional groups attached to an aromatic ring is 1. The Kier molecular flexibility index (Phi) is 9.75. The van der Waals surface area contributed by atoms with Gasteiger partial charge in [0.25, 0.3) is 0 Å². The number of benzene rings is 3. The SMILES string of the molecule is CNC(=O)[C@H](Cc1c[nH]c2ccccc12)NC(=O)[C@@H](CC(=O)Nc1ccc(C(=O)c2ccccc2)cc1N)CC(C)C. The van der Waals surface area contributed by atoms with Crippen LogP contribution in [0, 0.1) is 11.8 Å². The molecule has 0 spiro atoms. The zero-order valence-electron chi connectivity index (χ0n) is 24.1. The number of ketones is 1. The highest BCUT2D eigenvalue weighted by Gasteiger charge is 2.28. The van der Waals surface area contributed by atoms with E-state index in [4.69, 9.17) is 5.73 Å². The third kappa shape index (κ3) is 7.42. The summed E-state index contributed by atoms with van der Waals surface area (Å²) >= 11 is 0. The molecule has 2 atom stereocenters. The number of carbonyl (C=O) groups is 4. The number of nitrogens with one attached hydrogen (secondary N) is 4. The maximum absolute atomic E-state index is 13.5. The summed E-state index contributed by atoms with van der Waals surface area (Å²) in [6.07, 6.45) is 2.49. The van der Waals surface area contributed by atoms with Gasteiger partial charge in [-0.05, 0) is 42.2 Å². The van der Waals surface area contributed by atoms with E-state index >= 15 is 0 Å². The molecule has 218 valence electrons. The van der Waals surface area contributed by atoms with Gasteiger partial charge < -0.3 is 26.7 Å². The normalized spacial score (nSPS) is 12.5. The van der Waals surface area contributed by atoms with Gasteiger partial charge in [0.1, 0.15) is 6.04 Å². The molecule has 3 amide bonds. The van der Waals surface area contributed by atoms with Crippen molar-refractivity contribution in [3.8, 4) is 0 Å². The van der Waals surface area contributed by atoms with E-state index in [0.29, 0.717) is 29.7 Å². The molecule has 0 unspecified atom stereocenters. The molecule has 0 bridgehead atoms. The Morgan fingerprint density at radius 1 is 0.881 bits per heavy atom. The van der Waals surface area contributed by atoms with Gasteiger partial charge in [-0.1, -0.05) is 62.4 Å². The second-order valence-electron chi connectivity index (χ2n) is 10.8. The number of nitrogens with two attached hydrogens (primary N) is 1. The summed E-state index contributed by atoms with van der Waals surface area (Å²) in [5.41, 5.74) is 9.58. The first-order valence-electron chi connectivity index (χ1n) is 14.0. The van der Waals surface area contributed by atoms with E-state index in [9.17, 15) is 19.2 Å². The lowest BCUT2D eigenvalue weighted by Crippen LogP contribution is -2.49. The molecule has 1 aromatic heterocycles. The van der Waals surface area contributed by atoms with Gasteiger partial charge in [-0.15, -0.1) is 0 Å². The van der Waals surface area contributed by atoms with E-state index in [2.05, 4.69) is 20.9 Å². The lowest BCUT2D eigenvalue weighted by atomic mass is 9.92. The number of aromatic amines is 1. The fourth-order valence-electron chi connectivity index (χ4n) is 5.04. The summed E-state index contributed by atoms with van der Waals surface area (Å²) in [5, 5.41) is 9.28. The first kappa shape index (κ1) is 30.0. The molecular weight excluding hydrogens is 530 g/mol. The van der Waals surface area contributed by atoms with Crippen molar-refractivity contribution in [2.75, 3.05) is 18.1 Å². The van der Waals surface area contributed by atoms with Crippen LogP contribution in [0.1, 0.15) is 48.2 Å². The van der Waals surface area contributed by atoms with Crippen molar-refractivity contribution in [3.05, 3.63) is 95.7 Å². The summed E-state index contributed by atoms with van der Waals surface area (Å²) in [7, 11) is 1.53. The van der Waals surface area contributed by atoms with Crippen LogP contribution in [0.4, 0.5) is 11.4 Å². The van der Waals surface area contributed by atoms with E-state index in [1.807, 2.05) is 50.4 Å². The second-order valence-corrected chi connectivity index (χ2v) is 10.8. The molecule has 0 aliphatic heterocycles. The summed E-state index contributed by atoms with van der Waals surface area (Å²) in [4.78, 5) is 55.3. The van der Waals surface area contributed by atoms with Gasteiger partial charge in [-0.25, -0.2) is 0 Å². The monoisotopic (exact) mass is 567 g/mol. The van der Waals surface area contributed by atoms with Gasteiger partial charge in [0.15, 0.2) is 5.78 Å². The molecule has 42 heavy (non-hydrogen) atoms. The number of anilines is 2. The number of carbonyl (C=O) groups excluding carboxylic acids is 4. The Bertz CT molecular complexity index is 1580. The minimum atomic E-state index is -0.815. The Balaban J connectivity index is 1.44. The first-order chi connectivity index (χ1) is 20.2. The number of hydrogen-bond donors (Lipinski definition) is 5. The molecule has 9 nitrogen and oxygen atoms in total. The van der Waals surface area contributed by atoms with Crippen LogP contribution in [-0.2, 0) is 20.8 Å². The number of aromatic nitrogens is 1. The van der Waals surface area contributed by atoms with E-state index in [0.717, 1.165) is 16.5 Å². The van der Waals surface area contributed by atoms with Crippen molar-refractivity contribution in [2.45, 2.75) is 39.2 Å². The van der Waals surface area contributed by atoms with Gasteiger partial charge >= 0.3 is 0 Å². The number of amides is 3. The van der Waals surface area contributed by atoms with Gasteiger partial charge in [0.05, 0.1) is 11.4 Å². The van der Waals surface area contributed by atoms with E-state index < -0.39 is 17.9 Å². The van der Waals surface area contributed by atoms with Crippen LogP contribution in [0.3, 0.4) is 0 Å². The Morgan fingerprint density at radius 3 is 2.29 bits per heavy atom. The predicted molar refractivity (Wildman–Crippen MR) is 165 cm³/mol. The molecule has 0 saturated carbocycles. The van der Waals surface area contributed by atoms with E-state index in [-0.39, 0.29) is 35.6 Å². The maximum atomic E-state index is 13.5. The molecule has 3 aromatic carbocycles. The lowest BCUT2D eigenvalue weighted by Gasteiger charge is -2.23. The third-order valence-electron chi connectivity index (χ3n) is 7.16. The highest BCUT2D eigenvalue weighted by atomic mass is 16.2. The lowest BCUT2D eigenvalue weighted by molar-refractivity contribution is -0.132. The average molecular weight is 568 g/mol. The minimum absolute atomic E-state index is 0.0955. The summed E-state index contributed by atoms with van der Waals surface area (Å²) < 4.78 is 0. The molecule has 4 aromatic rings. The summed E-state index contributed by atoms with van der Waals surface area (Å²) in [5.74, 6) is -1.79. The van der Waals surface area contributed by atoms with Crippen LogP contribution >= 0.6 is 0 Å².